The molecule has 0 amide bonds. The number of anilines is 1. The lowest BCUT2D eigenvalue weighted by molar-refractivity contribution is 0.624. The Morgan fingerprint density at radius 1 is 1.32 bits per heavy atom. The van der Waals surface area contributed by atoms with Crippen molar-refractivity contribution in [3.63, 3.8) is 0 Å². The predicted octanol–water partition coefficient (Wildman–Crippen LogP) is 3.14. The molecule has 96 valence electrons. The van der Waals surface area contributed by atoms with E-state index < -0.39 is 0 Å². The van der Waals surface area contributed by atoms with Crippen molar-refractivity contribution in [3.05, 3.63) is 59.5 Å². The molecular weight excluding hydrogens is 241 g/mol. The third kappa shape index (κ3) is 3.78. The Labute approximate surface area is 111 Å². The number of nitrogens with one attached hydrogen (secondary N) is 1. The van der Waals surface area contributed by atoms with E-state index >= 15 is 0 Å². The van der Waals surface area contributed by atoms with Gasteiger partial charge in [0.15, 0.2) is 0 Å². The van der Waals surface area contributed by atoms with Crippen LogP contribution < -0.4 is 5.32 Å². The average molecular weight is 255 g/mol. The highest BCUT2D eigenvalue weighted by atomic mass is 19.1. The average Bonchev–Trinajstić information content (AvgIpc) is 2.38. The molecule has 0 radical (unpaired) electrons. The van der Waals surface area contributed by atoms with E-state index in [0.29, 0.717) is 17.9 Å². The summed E-state index contributed by atoms with van der Waals surface area (Å²) in [7, 11) is 0. The molecule has 19 heavy (non-hydrogen) atoms. The second-order valence-electron chi connectivity index (χ2n) is 4.40. The molecule has 2 rings (SSSR count). The summed E-state index contributed by atoms with van der Waals surface area (Å²) in [5, 5.41) is 12.0. The van der Waals surface area contributed by atoms with Gasteiger partial charge in [-0.05, 0) is 43.2 Å². The molecule has 1 aromatic heterocycles. The van der Waals surface area contributed by atoms with Crippen LogP contribution in [0.15, 0.2) is 42.5 Å². The smallest absolute Gasteiger partial charge is 0.142 e. The van der Waals surface area contributed by atoms with Crippen LogP contribution in [0.5, 0.6) is 0 Å². The number of aromatic nitrogens is 1. The molecule has 4 heteroatoms. The summed E-state index contributed by atoms with van der Waals surface area (Å²) in [5.41, 5.74) is 1.30. The van der Waals surface area contributed by atoms with Gasteiger partial charge in [0.1, 0.15) is 23.4 Å². The molecule has 0 spiro atoms. The molecule has 0 aliphatic heterocycles. The monoisotopic (exact) mass is 255 g/mol. The molecule has 0 fully saturated rings. The summed E-state index contributed by atoms with van der Waals surface area (Å²) in [6.07, 6.45) is 0.691. The molecule has 1 aromatic carbocycles. The maximum Gasteiger partial charge on any atom is 0.142 e. The van der Waals surface area contributed by atoms with Gasteiger partial charge < -0.3 is 5.32 Å². The van der Waals surface area contributed by atoms with Crippen molar-refractivity contribution in [2.45, 2.75) is 19.4 Å². The van der Waals surface area contributed by atoms with Crippen LogP contribution in [0.1, 0.15) is 18.2 Å². The van der Waals surface area contributed by atoms with Gasteiger partial charge in [-0.3, -0.25) is 0 Å². The van der Waals surface area contributed by atoms with Gasteiger partial charge in [0, 0.05) is 6.04 Å². The van der Waals surface area contributed by atoms with Gasteiger partial charge in [0.05, 0.1) is 0 Å². The number of nitrogens with zero attached hydrogens (tertiary/aromatic N) is 2. The zero-order valence-corrected chi connectivity index (χ0v) is 10.6. The number of hydrogen-bond donors (Lipinski definition) is 1. The Balaban J connectivity index is 2.01. The Kier molecular flexibility index (Phi) is 4.09. The van der Waals surface area contributed by atoms with Crippen LogP contribution >= 0.6 is 0 Å². The van der Waals surface area contributed by atoms with Gasteiger partial charge in [-0.25, -0.2) is 9.37 Å². The van der Waals surface area contributed by atoms with Gasteiger partial charge in [-0.1, -0.05) is 18.2 Å². The molecule has 1 heterocycles. The molecule has 0 aliphatic carbocycles. The summed E-state index contributed by atoms with van der Waals surface area (Å²) >= 11 is 0. The topological polar surface area (TPSA) is 48.7 Å². The van der Waals surface area contributed by atoms with Crippen molar-refractivity contribution in [1.29, 1.82) is 5.26 Å². The first-order chi connectivity index (χ1) is 9.17. The number of hydrogen-bond acceptors (Lipinski definition) is 3. The summed E-state index contributed by atoms with van der Waals surface area (Å²) in [4.78, 5) is 4.14. The van der Waals surface area contributed by atoms with E-state index in [2.05, 4.69) is 10.3 Å². The van der Waals surface area contributed by atoms with E-state index in [4.69, 9.17) is 5.26 Å². The van der Waals surface area contributed by atoms with Crippen LogP contribution in [-0.2, 0) is 6.42 Å². The molecule has 0 bridgehead atoms. The molecule has 0 aliphatic rings. The fourth-order valence-corrected chi connectivity index (χ4v) is 1.90. The van der Waals surface area contributed by atoms with Crippen molar-refractivity contribution >= 4 is 5.82 Å². The van der Waals surface area contributed by atoms with Gasteiger partial charge >= 0.3 is 0 Å². The standard InChI is InChI=1S/C15H14FN3/c1-11(8-12-4-2-5-13(16)9-12)18-15-7-3-6-14(10-17)19-15/h2-7,9,11H,8H2,1H3,(H,18,19). The second kappa shape index (κ2) is 5.96. The predicted molar refractivity (Wildman–Crippen MR) is 72.1 cm³/mol. The van der Waals surface area contributed by atoms with Gasteiger partial charge in [0.25, 0.3) is 0 Å². The minimum Gasteiger partial charge on any atom is -0.367 e. The van der Waals surface area contributed by atoms with Crippen molar-refractivity contribution in [3.8, 4) is 6.07 Å². The first-order valence-electron chi connectivity index (χ1n) is 6.05. The zero-order chi connectivity index (χ0) is 13.7. The Hall–Kier alpha value is -2.41. The Morgan fingerprint density at radius 3 is 2.84 bits per heavy atom. The number of nitriles is 1. The van der Waals surface area contributed by atoms with E-state index in [1.165, 1.54) is 12.1 Å². The highest BCUT2D eigenvalue weighted by Gasteiger charge is 2.05. The van der Waals surface area contributed by atoms with E-state index in [-0.39, 0.29) is 11.9 Å². The molecular formula is C15H14FN3. The number of benzene rings is 1. The minimum atomic E-state index is -0.227. The Morgan fingerprint density at radius 2 is 2.11 bits per heavy atom. The highest BCUT2D eigenvalue weighted by molar-refractivity contribution is 5.39. The fourth-order valence-electron chi connectivity index (χ4n) is 1.90. The van der Waals surface area contributed by atoms with Crippen LogP contribution in [0, 0.1) is 17.1 Å². The summed E-state index contributed by atoms with van der Waals surface area (Å²) in [6, 6.07) is 13.9. The molecule has 1 atom stereocenters. The molecule has 1 unspecified atom stereocenters. The van der Waals surface area contributed by atoms with E-state index in [9.17, 15) is 4.39 Å². The quantitative estimate of drug-likeness (QED) is 0.913. The highest BCUT2D eigenvalue weighted by Crippen LogP contribution is 2.11. The van der Waals surface area contributed by atoms with Crippen molar-refractivity contribution in [2.24, 2.45) is 0 Å². The lowest BCUT2D eigenvalue weighted by Crippen LogP contribution is -2.19. The van der Waals surface area contributed by atoms with Gasteiger partial charge in [-0.2, -0.15) is 5.26 Å². The van der Waals surface area contributed by atoms with E-state index in [1.54, 1.807) is 18.2 Å². The molecule has 3 nitrogen and oxygen atoms in total. The molecule has 1 N–H and O–H groups in total. The number of pyridine rings is 1. The van der Waals surface area contributed by atoms with Crippen LogP contribution in [0.25, 0.3) is 0 Å². The Bertz CT molecular complexity index is 604. The number of rotatable bonds is 4. The van der Waals surface area contributed by atoms with E-state index in [0.717, 1.165) is 5.56 Å². The van der Waals surface area contributed by atoms with Crippen molar-refractivity contribution in [2.75, 3.05) is 5.32 Å². The van der Waals surface area contributed by atoms with Gasteiger partial charge in [0.2, 0.25) is 0 Å². The summed E-state index contributed by atoms with van der Waals surface area (Å²) in [6.45, 7) is 1.99. The van der Waals surface area contributed by atoms with Crippen LogP contribution in [-0.4, -0.2) is 11.0 Å². The third-order valence-corrected chi connectivity index (χ3v) is 2.69. The molecule has 0 saturated carbocycles. The lowest BCUT2D eigenvalue weighted by Gasteiger charge is -2.14. The summed E-state index contributed by atoms with van der Waals surface area (Å²) in [5.74, 6) is 0.428. The van der Waals surface area contributed by atoms with Gasteiger partial charge in [-0.15, -0.1) is 0 Å². The largest absolute Gasteiger partial charge is 0.367 e. The summed E-state index contributed by atoms with van der Waals surface area (Å²) < 4.78 is 13.1. The first-order valence-corrected chi connectivity index (χ1v) is 6.05. The second-order valence-corrected chi connectivity index (χ2v) is 4.40. The maximum atomic E-state index is 13.1. The number of halogens is 1. The molecule has 0 saturated heterocycles. The first kappa shape index (κ1) is 13.0. The van der Waals surface area contributed by atoms with Crippen molar-refractivity contribution < 1.29 is 4.39 Å². The third-order valence-electron chi connectivity index (χ3n) is 2.69. The zero-order valence-electron chi connectivity index (χ0n) is 10.6. The minimum absolute atomic E-state index is 0.100. The maximum absolute atomic E-state index is 13.1. The lowest BCUT2D eigenvalue weighted by atomic mass is 10.1. The normalized spacial score (nSPS) is 11.6. The van der Waals surface area contributed by atoms with E-state index in [1.807, 2.05) is 25.1 Å². The fraction of sp³-hybridized carbons (Fsp3) is 0.200. The van der Waals surface area contributed by atoms with Crippen LogP contribution in [0.2, 0.25) is 0 Å². The SMILES string of the molecule is CC(Cc1cccc(F)c1)Nc1cccc(C#N)n1. The van der Waals surface area contributed by atoms with Crippen LogP contribution in [0.3, 0.4) is 0 Å². The van der Waals surface area contributed by atoms with Crippen molar-refractivity contribution in [1.82, 2.24) is 4.98 Å². The molecule has 2 aromatic rings. The van der Waals surface area contributed by atoms with Crippen LogP contribution in [0.4, 0.5) is 10.2 Å².